The lowest BCUT2D eigenvalue weighted by Gasteiger charge is -2.38. The number of methoxy groups -OCH3 is 1. The van der Waals surface area contributed by atoms with Gasteiger partial charge in [0.15, 0.2) is 0 Å². The first kappa shape index (κ1) is 89.1. The molecule has 4 heterocycles. The highest BCUT2D eigenvalue weighted by molar-refractivity contribution is 5.94. The monoisotopic (exact) mass is 1520 g/mol. The van der Waals surface area contributed by atoms with Gasteiger partial charge in [0.2, 0.25) is 11.8 Å². The van der Waals surface area contributed by atoms with Crippen LogP contribution in [-0.2, 0) is 59.0 Å². The quantitative estimate of drug-likeness (QED) is 0.0147. The molecule has 0 aromatic heterocycles. The molecule has 19 heteroatoms. The van der Waals surface area contributed by atoms with E-state index in [-0.39, 0.29) is 42.8 Å². The van der Waals surface area contributed by atoms with Crippen LogP contribution in [0.1, 0.15) is 108 Å². The highest BCUT2D eigenvalue weighted by atomic mass is 16.6. The van der Waals surface area contributed by atoms with Gasteiger partial charge in [0.25, 0.3) is 0 Å². The minimum atomic E-state index is 0. The number of likely N-dealkylation sites (tertiary alicyclic amines) is 4. The van der Waals surface area contributed by atoms with Crippen molar-refractivity contribution in [3.8, 4) is 23.0 Å². The summed E-state index contributed by atoms with van der Waals surface area (Å²) in [5, 5.41) is 31.1. The van der Waals surface area contributed by atoms with E-state index in [9.17, 15) is 24.6 Å². The molecule has 4 fully saturated rings. The van der Waals surface area contributed by atoms with Gasteiger partial charge in [0, 0.05) is 152 Å². The number of Topliss-reactive ketones (excluding diaryl/α,β-unsaturated/α-hetero) is 1. The van der Waals surface area contributed by atoms with E-state index in [1.165, 1.54) is 35.1 Å². The number of nitrogens with two attached hydrogens (primary N) is 1. The van der Waals surface area contributed by atoms with Crippen LogP contribution in [-0.4, -0.2) is 209 Å². The van der Waals surface area contributed by atoms with Crippen LogP contribution in [0.15, 0.2) is 218 Å². The average molecular weight is 1520 g/mol. The van der Waals surface area contributed by atoms with E-state index >= 15 is 0 Å². The van der Waals surface area contributed by atoms with Crippen LogP contribution in [0.4, 0.5) is 22.7 Å². The number of phenols is 3. The number of nitrogens with one attached hydrogen (secondary N) is 1. The molecule has 0 spiro atoms. The molecule has 4 saturated heterocycles. The molecule has 12 rings (SSSR count). The second-order valence-electron chi connectivity index (χ2n) is 28.3. The molecule has 111 heavy (non-hydrogen) atoms. The van der Waals surface area contributed by atoms with Gasteiger partial charge in [-0.3, -0.25) is 14.4 Å². The zero-order valence-corrected chi connectivity index (χ0v) is 65.4. The topological polar surface area (TPSA) is 216 Å². The number of anilines is 4. The van der Waals surface area contributed by atoms with Gasteiger partial charge in [-0.2, -0.15) is 0 Å². The molecule has 0 bridgehead atoms. The number of amides is 2. The van der Waals surface area contributed by atoms with Crippen LogP contribution in [0.25, 0.3) is 0 Å². The highest BCUT2D eigenvalue weighted by Gasteiger charge is 2.30. The van der Waals surface area contributed by atoms with Crippen LogP contribution >= 0.6 is 0 Å². The Bertz CT molecular complexity index is 3700. The molecule has 0 aliphatic carbocycles. The van der Waals surface area contributed by atoms with Crippen molar-refractivity contribution in [3.05, 3.63) is 241 Å². The summed E-state index contributed by atoms with van der Waals surface area (Å²) in [6, 6.07) is 72.1. The molecule has 2 amide bonds. The number of hydrogen-bond acceptors (Lipinski definition) is 17. The first-order valence-electron chi connectivity index (χ1n) is 39.9. The van der Waals surface area contributed by atoms with Crippen molar-refractivity contribution in [1.29, 1.82) is 0 Å². The minimum absolute atomic E-state index is 0. The summed E-state index contributed by atoms with van der Waals surface area (Å²) in [7, 11) is 1.65. The van der Waals surface area contributed by atoms with E-state index in [0.717, 1.165) is 166 Å². The Morgan fingerprint density at radius 3 is 1.08 bits per heavy atom. The number of rotatable bonds is 33. The van der Waals surface area contributed by atoms with E-state index in [2.05, 4.69) is 140 Å². The SMILES string of the molecule is C.CCC(=O)N(c1ccc(O)cc1)C1CCN(CCc2ccccc2)CC1.CCC(=O)N(c1ccc(OCCOCCOCCOCCOC)cc1)C1CCN(CCc2ccccc2)CC1.Nc1ccc(O)cc1.O=C1CCN(CCc2ccccc2)CC1.Oc1ccc(NC2CCN(CCc3ccccc3)CC2)cc1. The molecule has 0 saturated carbocycles. The van der Waals surface area contributed by atoms with E-state index in [1.807, 2.05) is 78.2 Å². The molecule has 0 atom stereocenters. The van der Waals surface area contributed by atoms with Gasteiger partial charge in [0.1, 0.15) is 35.4 Å². The molecule has 0 radical (unpaired) electrons. The Labute approximate surface area is 662 Å². The number of hydrogen-bond donors (Lipinski definition) is 5. The van der Waals surface area contributed by atoms with E-state index in [1.54, 1.807) is 55.6 Å². The largest absolute Gasteiger partial charge is 0.508 e. The van der Waals surface area contributed by atoms with E-state index in [4.69, 9.17) is 34.5 Å². The summed E-state index contributed by atoms with van der Waals surface area (Å²) in [5.41, 5.74) is 14.5. The molecule has 8 aromatic rings. The van der Waals surface area contributed by atoms with Crippen molar-refractivity contribution < 1.29 is 53.4 Å². The van der Waals surface area contributed by atoms with Crippen LogP contribution in [0.5, 0.6) is 23.0 Å². The normalized spacial score (nSPS) is 15.1. The number of nitrogen functional groups attached to an aromatic ring is 1. The molecular weight excluding hydrogens is 1390 g/mol. The Morgan fingerprint density at radius 1 is 0.414 bits per heavy atom. The van der Waals surface area contributed by atoms with Gasteiger partial charge in [-0.15, -0.1) is 0 Å². The Morgan fingerprint density at radius 2 is 0.730 bits per heavy atom. The maximum atomic E-state index is 12.9. The Hall–Kier alpha value is -9.15. The number of ketones is 1. The molecule has 19 nitrogen and oxygen atoms in total. The van der Waals surface area contributed by atoms with Crippen LogP contribution in [0.3, 0.4) is 0 Å². The molecule has 0 unspecified atom stereocenters. The summed E-state index contributed by atoms with van der Waals surface area (Å²) in [4.78, 5) is 50.4. The fraction of sp³-hybridized carbons (Fsp3) is 0.446. The maximum Gasteiger partial charge on any atom is 0.226 e. The summed E-state index contributed by atoms with van der Waals surface area (Å²) in [6.45, 7) is 20.7. The third kappa shape index (κ3) is 34.6. The van der Waals surface area contributed by atoms with Gasteiger partial charge in [0.05, 0.1) is 46.2 Å². The van der Waals surface area contributed by atoms with E-state index < -0.39 is 0 Å². The molecule has 600 valence electrons. The molecule has 4 aliphatic rings. The molecular formula is C92H126N8O11. The molecule has 4 aliphatic heterocycles. The average Bonchev–Trinajstić information content (AvgIpc) is 0.820. The van der Waals surface area contributed by atoms with Gasteiger partial charge in [-0.05, 0) is 184 Å². The van der Waals surface area contributed by atoms with Crippen molar-refractivity contribution in [3.63, 3.8) is 0 Å². The number of benzene rings is 8. The number of carbonyl (C=O) groups excluding carboxylic acids is 3. The molecule has 8 aromatic carbocycles. The lowest BCUT2D eigenvalue weighted by atomic mass is 10.0. The second-order valence-corrected chi connectivity index (χ2v) is 28.3. The number of phenolic OH excluding ortho intramolecular Hbond substituents is 3. The Kier molecular flexibility index (Phi) is 41.8. The predicted molar refractivity (Wildman–Crippen MR) is 451 cm³/mol. The minimum Gasteiger partial charge on any atom is -0.508 e. The van der Waals surface area contributed by atoms with Crippen LogP contribution < -0.4 is 25.6 Å². The van der Waals surface area contributed by atoms with Crippen molar-refractivity contribution >= 4 is 40.3 Å². The summed E-state index contributed by atoms with van der Waals surface area (Å²) >= 11 is 0. The highest BCUT2D eigenvalue weighted by Crippen LogP contribution is 2.30. The standard InChI is InChI=1S/C31H46N2O6.C22H28N2O2.C19H24N2O.C13H17NO.C6H7NO.CH4/c1-3-31(34)33(29-14-17-32(18-15-29)16-13-27-7-5-4-6-8-27)28-9-11-30(12-10-28)39-26-25-38-24-23-37-22-21-36-20-19-35-2;1-2-22(26)24(19-8-10-21(25)11-9-19)20-13-16-23(17-14-20)15-12-18-6-4-3-5-7-18;22-19-8-6-17(7-9-19)20-18-11-14-21(15-12-18)13-10-16-4-2-1-3-5-16;15-13-7-10-14(11-8-13)9-6-12-4-2-1-3-5-12;7-5-1-3-6(8)4-2-5;/h4-12,29H,3,13-26H2,1-2H3;3-11,20,25H,2,12-17H2,1H3;1-9,18,20,22H,10-15H2;1-5H,6-11H2;1-4,8H,7H2;1H4. The van der Waals surface area contributed by atoms with Crippen molar-refractivity contribution in [2.75, 3.05) is 159 Å². The zero-order valence-electron chi connectivity index (χ0n) is 65.4. The fourth-order valence-electron chi connectivity index (χ4n) is 13.8. The van der Waals surface area contributed by atoms with Crippen LogP contribution in [0, 0.1) is 0 Å². The maximum absolute atomic E-state index is 12.9. The second kappa shape index (κ2) is 52.2. The lowest BCUT2D eigenvalue weighted by molar-refractivity contribution is -0.121. The summed E-state index contributed by atoms with van der Waals surface area (Å²) < 4.78 is 27.1. The van der Waals surface area contributed by atoms with Crippen molar-refractivity contribution in [2.24, 2.45) is 0 Å². The fourth-order valence-corrected chi connectivity index (χ4v) is 13.8. The lowest BCUT2D eigenvalue weighted by Crippen LogP contribution is -2.47. The third-order valence-electron chi connectivity index (χ3n) is 20.3. The van der Waals surface area contributed by atoms with Crippen molar-refractivity contribution in [1.82, 2.24) is 19.6 Å². The van der Waals surface area contributed by atoms with Crippen LogP contribution in [0.2, 0.25) is 0 Å². The predicted octanol–water partition coefficient (Wildman–Crippen LogP) is 15.1. The number of ether oxygens (including phenoxy) is 5. The third-order valence-corrected chi connectivity index (χ3v) is 20.3. The number of aromatic hydroxyl groups is 3. The first-order chi connectivity index (χ1) is 53.8. The number of piperidine rings is 4. The summed E-state index contributed by atoms with van der Waals surface area (Å²) in [5.74, 6) is 2.31. The number of carbonyl (C=O) groups is 3. The molecule has 6 N–H and O–H groups in total. The number of nitrogens with zero attached hydrogens (tertiary/aromatic N) is 6. The zero-order chi connectivity index (χ0) is 77.6. The van der Waals surface area contributed by atoms with Crippen molar-refractivity contribution in [2.45, 2.75) is 129 Å². The van der Waals surface area contributed by atoms with Gasteiger partial charge >= 0.3 is 0 Å². The summed E-state index contributed by atoms with van der Waals surface area (Å²) in [6.07, 6.45) is 13.1. The smallest absolute Gasteiger partial charge is 0.226 e. The first-order valence-corrected chi connectivity index (χ1v) is 39.9. The Balaban J connectivity index is 0.000000207. The van der Waals surface area contributed by atoms with E-state index in [0.29, 0.717) is 89.0 Å². The van der Waals surface area contributed by atoms with Gasteiger partial charge in [-0.1, -0.05) is 143 Å². The van der Waals surface area contributed by atoms with Gasteiger partial charge < -0.3 is 79.5 Å². The van der Waals surface area contributed by atoms with Gasteiger partial charge in [-0.25, -0.2) is 0 Å².